The molecule has 0 aromatic carbocycles. The first-order chi connectivity index (χ1) is 7.32. The first-order valence-electron chi connectivity index (χ1n) is 5.72. The zero-order chi connectivity index (χ0) is 12.3. The first kappa shape index (κ1) is 13.9. The molecule has 5 nitrogen and oxygen atoms in total. The molecule has 0 aliphatic carbocycles. The van der Waals surface area contributed by atoms with E-state index in [0.717, 1.165) is 19.5 Å². The molecule has 1 heterocycles. The van der Waals surface area contributed by atoms with Gasteiger partial charge in [-0.25, -0.2) is 13.6 Å². The van der Waals surface area contributed by atoms with Crippen LogP contribution in [0.4, 0.5) is 0 Å². The molecule has 0 spiro atoms. The predicted octanol–water partition coefficient (Wildman–Crippen LogP) is -0.340. The van der Waals surface area contributed by atoms with Gasteiger partial charge in [-0.1, -0.05) is 6.92 Å². The minimum Gasteiger partial charge on any atom is -0.393 e. The Morgan fingerprint density at radius 2 is 2.06 bits per heavy atom. The number of nitrogens with one attached hydrogen (secondary N) is 1. The van der Waals surface area contributed by atoms with Crippen molar-refractivity contribution in [2.75, 3.05) is 13.1 Å². The lowest BCUT2D eigenvalue weighted by Crippen LogP contribution is -2.38. The third-order valence-electron chi connectivity index (χ3n) is 3.64. The van der Waals surface area contributed by atoms with Gasteiger partial charge < -0.3 is 10.4 Å². The molecule has 4 unspecified atom stereocenters. The molecule has 0 saturated carbocycles. The second-order valence-electron chi connectivity index (χ2n) is 4.80. The summed E-state index contributed by atoms with van der Waals surface area (Å²) in [6.45, 7) is 5.06. The van der Waals surface area contributed by atoms with E-state index < -0.39 is 15.3 Å². The third-order valence-corrected chi connectivity index (χ3v) is 5.10. The highest BCUT2D eigenvalue weighted by molar-refractivity contribution is 7.89. The standard InChI is InChI=1S/C10H22N2O3S/c1-7(8(2)16(11,14)15)9-5-10(13)3-4-12-6-9/h7-10,12-13H,3-6H2,1-2H3,(H2,11,14,15). The lowest BCUT2D eigenvalue weighted by atomic mass is 9.87. The van der Waals surface area contributed by atoms with E-state index in [9.17, 15) is 13.5 Å². The molecular formula is C10H22N2O3S. The van der Waals surface area contributed by atoms with Crippen LogP contribution >= 0.6 is 0 Å². The Morgan fingerprint density at radius 3 is 2.62 bits per heavy atom. The number of hydrogen-bond donors (Lipinski definition) is 3. The van der Waals surface area contributed by atoms with Gasteiger partial charge in [-0.2, -0.15) is 0 Å². The Hall–Kier alpha value is -0.170. The van der Waals surface area contributed by atoms with Crippen LogP contribution in [-0.2, 0) is 10.0 Å². The van der Waals surface area contributed by atoms with Crippen LogP contribution in [0.2, 0.25) is 0 Å². The van der Waals surface area contributed by atoms with Gasteiger partial charge >= 0.3 is 0 Å². The molecule has 6 heteroatoms. The lowest BCUT2D eigenvalue weighted by molar-refractivity contribution is 0.132. The highest BCUT2D eigenvalue weighted by atomic mass is 32.2. The van der Waals surface area contributed by atoms with Crippen LogP contribution in [-0.4, -0.2) is 38.0 Å². The molecule has 1 aliphatic rings. The fourth-order valence-electron chi connectivity index (χ4n) is 2.19. The fraction of sp³-hybridized carbons (Fsp3) is 1.00. The summed E-state index contributed by atoms with van der Waals surface area (Å²) in [5.74, 6) is 0.112. The van der Waals surface area contributed by atoms with E-state index in [4.69, 9.17) is 5.14 Å². The monoisotopic (exact) mass is 250 g/mol. The topological polar surface area (TPSA) is 92.4 Å². The van der Waals surface area contributed by atoms with Crippen molar-refractivity contribution in [3.05, 3.63) is 0 Å². The van der Waals surface area contributed by atoms with E-state index in [1.54, 1.807) is 6.92 Å². The number of rotatable bonds is 3. The van der Waals surface area contributed by atoms with Crippen molar-refractivity contribution in [1.82, 2.24) is 5.32 Å². The Morgan fingerprint density at radius 1 is 1.44 bits per heavy atom. The molecule has 0 radical (unpaired) electrons. The molecule has 96 valence electrons. The molecule has 4 N–H and O–H groups in total. The van der Waals surface area contributed by atoms with Crippen molar-refractivity contribution >= 4 is 10.0 Å². The van der Waals surface area contributed by atoms with Gasteiger partial charge in [-0.05, 0) is 44.7 Å². The molecular weight excluding hydrogens is 228 g/mol. The molecule has 0 aromatic heterocycles. The predicted molar refractivity (Wildman–Crippen MR) is 63.3 cm³/mol. The SMILES string of the molecule is CC(C1CNCCC(O)C1)C(C)S(N)(=O)=O. The van der Waals surface area contributed by atoms with Crippen LogP contribution in [0.15, 0.2) is 0 Å². The molecule has 0 amide bonds. The quantitative estimate of drug-likeness (QED) is 0.639. The summed E-state index contributed by atoms with van der Waals surface area (Å²) in [4.78, 5) is 0. The molecule has 4 atom stereocenters. The summed E-state index contributed by atoms with van der Waals surface area (Å²) < 4.78 is 22.6. The molecule has 16 heavy (non-hydrogen) atoms. The fourth-order valence-corrected chi connectivity index (χ4v) is 3.01. The van der Waals surface area contributed by atoms with Gasteiger partial charge in [0.05, 0.1) is 11.4 Å². The van der Waals surface area contributed by atoms with Crippen molar-refractivity contribution in [2.24, 2.45) is 17.0 Å². The second kappa shape index (κ2) is 5.44. The Labute approximate surface area is 97.5 Å². The number of sulfonamides is 1. The minimum atomic E-state index is -3.49. The largest absolute Gasteiger partial charge is 0.393 e. The van der Waals surface area contributed by atoms with Crippen LogP contribution < -0.4 is 10.5 Å². The Kier molecular flexibility index (Phi) is 4.73. The average molecular weight is 250 g/mol. The van der Waals surface area contributed by atoms with E-state index in [2.05, 4.69) is 5.32 Å². The van der Waals surface area contributed by atoms with Crippen molar-refractivity contribution in [3.8, 4) is 0 Å². The minimum absolute atomic E-state index is 0.0461. The number of primary sulfonamides is 1. The van der Waals surface area contributed by atoms with E-state index in [0.29, 0.717) is 6.42 Å². The van der Waals surface area contributed by atoms with Gasteiger partial charge in [0, 0.05) is 0 Å². The number of aliphatic hydroxyl groups is 1. The number of aliphatic hydroxyl groups excluding tert-OH is 1. The molecule has 1 fully saturated rings. The van der Waals surface area contributed by atoms with E-state index >= 15 is 0 Å². The normalized spacial score (nSPS) is 31.8. The summed E-state index contributed by atoms with van der Waals surface area (Å²) >= 11 is 0. The molecule has 1 rings (SSSR count). The van der Waals surface area contributed by atoms with E-state index in [1.807, 2.05) is 6.92 Å². The highest BCUT2D eigenvalue weighted by Crippen LogP contribution is 2.25. The van der Waals surface area contributed by atoms with Crippen molar-refractivity contribution < 1.29 is 13.5 Å². The van der Waals surface area contributed by atoms with Gasteiger partial charge in [0.15, 0.2) is 0 Å². The molecule has 0 bridgehead atoms. The number of hydrogen-bond acceptors (Lipinski definition) is 4. The Balaban J connectivity index is 2.68. The highest BCUT2D eigenvalue weighted by Gasteiger charge is 2.31. The smallest absolute Gasteiger partial charge is 0.211 e. The summed E-state index contributed by atoms with van der Waals surface area (Å²) in [7, 11) is -3.49. The summed E-state index contributed by atoms with van der Waals surface area (Å²) in [5.41, 5.74) is 0. The van der Waals surface area contributed by atoms with Gasteiger partial charge in [0.1, 0.15) is 0 Å². The Bertz CT molecular complexity index is 318. The molecule has 1 saturated heterocycles. The third kappa shape index (κ3) is 3.69. The van der Waals surface area contributed by atoms with Crippen LogP contribution in [0.25, 0.3) is 0 Å². The zero-order valence-corrected chi connectivity index (χ0v) is 10.7. The van der Waals surface area contributed by atoms with Gasteiger partial charge in [-0.15, -0.1) is 0 Å². The maximum Gasteiger partial charge on any atom is 0.211 e. The van der Waals surface area contributed by atoms with Crippen LogP contribution in [0.5, 0.6) is 0 Å². The summed E-state index contributed by atoms with van der Waals surface area (Å²) in [5, 5.41) is 17.5. The van der Waals surface area contributed by atoms with E-state index in [-0.39, 0.29) is 17.9 Å². The van der Waals surface area contributed by atoms with Crippen LogP contribution in [0, 0.1) is 11.8 Å². The van der Waals surface area contributed by atoms with Crippen LogP contribution in [0.1, 0.15) is 26.7 Å². The van der Waals surface area contributed by atoms with Crippen LogP contribution in [0.3, 0.4) is 0 Å². The van der Waals surface area contributed by atoms with Crippen molar-refractivity contribution in [2.45, 2.75) is 38.0 Å². The van der Waals surface area contributed by atoms with Crippen molar-refractivity contribution in [3.63, 3.8) is 0 Å². The van der Waals surface area contributed by atoms with Gasteiger partial charge in [-0.3, -0.25) is 0 Å². The van der Waals surface area contributed by atoms with Gasteiger partial charge in [0.2, 0.25) is 10.0 Å². The molecule has 0 aromatic rings. The lowest BCUT2D eigenvalue weighted by Gasteiger charge is -2.27. The number of nitrogens with two attached hydrogens (primary N) is 1. The molecule has 1 aliphatic heterocycles. The van der Waals surface area contributed by atoms with Crippen molar-refractivity contribution in [1.29, 1.82) is 0 Å². The second-order valence-corrected chi connectivity index (χ2v) is 6.72. The maximum absolute atomic E-state index is 11.3. The maximum atomic E-state index is 11.3. The first-order valence-corrected chi connectivity index (χ1v) is 7.33. The summed E-state index contributed by atoms with van der Waals surface area (Å²) in [6, 6.07) is 0. The van der Waals surface area contributed by atoms with Gasteiger partial charge in [0.25, 0.3) is 0 Å². The zero-order valence-electron chi connectivity index (χ0n) is 9.89. The average Bonchev–Trinajstić information content (AvgIpc) is 2.39. The van der Waals surface area contributed by atoms with E-state index in [1.165, 1.54) is 0 Å². The summed E-state index contributed by atoms with van der Waals surface area (Å²) in [6.07, 6.45) is 1.04.